The zero-order valence-electron chi connectivity index (χ0n) is 13.4. The lowest BCUT2D eigenvalue weighted by Gasteiger charge is -2.21. The second-order valence-electron chi connectivity index (χ2n) is 5.08. The van der Waals surface area contributed by atoms with Crippen LogP contribution in [0.5, 0.6) is 0 Å². The molecule has 0 fully saturated rings. The number of esters is 1. The molecule has 0 saturated heterocycles. The van der Waals surface area contributed by atoms with Gasteiger partial charge in [0.2, 0.25) is 5.78 Å². The Labute approximate surface area is 136 Å². The molecule has 120 valence electrons. The minimum atomic E-state index is -0.239. The van der Waals surface area contributed by atoms with Crippen molar-refractivity contribution in [1.29, 1.82) is 0 Å². The summed E-state index contributed by atoms with van der Waals surface area (Å²) in [6.45, 7) is 2.65. The maximum absolute atomic E-state index is 12.2. The van der Waals surface area contributed by atoms with Crippen molar-refractivity contribution in [2.75, 3.05) is 20.2 Å². The fourth-order valence-electron chi connectivity index (χ4n) is 2.10. The smallest absolute Gasteiger partial charge is 0.307 e. The molecule has 0 spiro atoms. The van der Waals surface area contributed by atoms with Crippen LogP contribution >= 0.6 is 0 Å². The monoisotopic (exact) mass is 312 g/mol. The van der Waals surface area contributed by atoms with E-state index in [2.05, 4.69) is 4.99 Å². The van der Waals surface area contributed by atoms with Gasteiger partial charge in [0.05, 0.1) is 18.7 Å². The zero-order chi connectivity index (χ0) is 16.7. The van der Waals surface area contributed by atoms with Crippen LogP contribution < -0.4 is 0 Å². The summed E-state index contributed by atoms with van der Waals surface area (Å²) < 4.78 is 4.90. The molecule has 0 saturated carbocycles. The highest BCUT2D eigenvalue weighted by Gasteiger charge is 2.15. The van der Waals surface area contributed by atoms with Crippen molar-refractivity contribution in [3.8, 4) is 0 Å². The number of para-hydroxylation sites is 1. The first-order valence-electron chi connectivity index (χ1n) is 7.54. The Hall–Kier alpha value is -2.69. The van der Waals surface area contributed by atoms with E-state index >= 15 is 0 Å². The predicted octanol–water partition coefficient (Wildman–Crippen LogP) is 2.67. The maximum atomic E-state index is 12.2. The highest BCUT2D eigenvalue weighted by atomic mass is 16.5. The fourth-order valence-corrected chi connectivity index (χ4v) is 2.10. The lowest BCUT2D eigenvalue weighted by Crippen LogP contribution is -2.25. The fraction of sp³-hybridized carbons (Fsp3) is 0.278. The molecule has 0 aliphatic heterocycles. The van der Waals surface area contributed by atoms with E-state index < -0.39 is 0 Å². The van der Waals surface area contributed by atoms with Gasteiger partial charge in [-0.25, -0.2) is 4.99 Å². The molecule has 0 radical (unpaired) electrons. The van der Waals surface area contributed by atoms with Crippen LogP contribution in [0.2, 0.25) is 0 Å². The van der Waals surface area contributed by atoms with Crippen LogP contribution in [0.25, 0.3) is 0 Å². The summed E-state index contributed by atoms with van der Waals surface area (Å²) in [6, 6.07) is 9.35. The SMILES string of the molecule is CCOC(=O)CCN(C)C1=CC(=O)C(=Nc2ccccc2)C=C1. The first-order chi connectivity index (χ1) is 11.1. The highest BCUT2D eigenvalue weighted by Crippen LogP contribution is 2.15. The number of hydrogen-bond donors (Lipinski definition) is 0. The third-order valence-electron chi connectivity index (χ3n) is 3.35. The van der Waals surface area contributed by atoms with Crippen molar-refractivity contribution in [1.82, 2.24) is 4.90 Å². The van der Waals surface area contributed by atoms with Gasteiger partial charge >= 0.3 is 5.97 Å². The number of hydrogen-bond acceptors (Lipinski definition) is 5. The molecular formula is C18H20N2O3. The van der Waals surface area contributed by atoms with Crippen molar-refractivity contribution >= 4 is 23.2 Å². The van der Waals surface area contributed by atoms with Gasteiger partial charge in [-0.15, -0.1) is 0 Å². The van der Waals surface area contributed by atoms with E-state index in [4.69, 9.17) is 4.74 Å². The minimum Gasteiger partial charge on any atom is -0.466 e. The van der Waals surface area contributed by atoms with Crippen LogP contribution in [0.4, 0.5) is 5.69 Å². The summed E-state index contributed by atoms with van der Waals surface area (Å²) in [5.41, 5.74) is 1.90. The van der Waals surface area contributed by atoms with Crippen molar-refractivity contribution in [2.24, 2.45) is 4.99 Å². The molecule has 0 aromatic heterocycles. The van der Waals surface area contributed by atoms with Crippen LogP contribution in [-0.2, 0) is 14.3 Å². The quantitative estimate of drug-likeness (QED) is 0.598. The lowest BCUT2D eigenvalue weighted by molar-refractivity contribution is -0.143. The van der Waals surface area contributed by atoms with Crippen LogP contribution in [0.1, 0.15) is 13.3 Å². The molecular weight excluding hydrogens is 292 g/mol. The van der Waals surface area contributed by atoms with Crippen molar-refractivity contribution in [2.45, 2.75) is 13.3 Å². The second kappa shape index (κ2) is 8.08. The largest absolute Gasteiger partial charge is 0.466 e. The number of carbonyl (C=O) groups is 2. The van der Waals surface area contributed by atoms with Gasteiger partial charge in [-0.05, 0) is 31.2 Å². The Morgan fingerprint density at radius 2 is 1.96 bits per heavy atom. The highest BCUT2D eigenvalue weighted by molar-refractivity contribution is 6.49. The number of rotatable bonds is 6. The number of ketones is 1. The average molecular weight is 312 g/mol. The number of likely N-dealkylation sites (N-methyl/N-ethyl adjacent to an activating group) is 1. The Kier molecular flexibility index (Phi) is 5.86. The molecule has 23 heavy (non-hydrogen) atoms. The van der Waals surface area contributed by atoms with Gasteiger partial charge in [0.1, 0.15) is 5.71 Å². The molecule has 1 aliphatic rings. The van der Waals surface area contributed by atoms with Crippen molar-refractivity contribution in [3.63, 3.8) is 0 Å². The van der Waals surface area contributed by atoms with Gasteiger partial charge in [0, 0.05) is 25.4 Å². The van der Waals surface area contributed by atoms with E-state index in [0.717, 1.165) is 11.4 Å². The summed E-state index contributed by atoms with van der Waals surface area (Å²) in [6.07, 6.45) is 5.35. The molecule has 5 heteroatoms. The molecule has 5 nitrogen and oxygen atoms in total. The number of aliphatic imine (C=N–C) groups is 1. The van der Waals surface area contributed by atoms with E-state index in [1.165, 1.54) is 6.08 Å². The van der Waals surface area contributed by atoms with Gasteiger partial charge in [0.25, 0.3) is 0 Å². The molecule has 2 rings (SSSR count). The third-order valence-corrected chi connectivity index (χ3v) is 3.35. The molecule has 0 heterocycles. The molecule has 0 unspecified atom stereocenters. The Balaban J connectivity index is 1.99. The Bertz CT molecular complexity index is 660. The van der Waals surface area contributed by atoms with Crippen molar-refractivity contribution < 1.29 is 14.3 Å². The van der Waals surface area contributed by atoms with Gasteiger partial charge < -0.3 is 9.64 Å². The molecule has 1 aromatic carbocycles. The summed E-state index contributed by atoms with van der Waals surface area (Å²) in [5, 5.41) is 0. The third kappa shape index (κ3) is 4.92. The predicted molar refractivity (Wildman–Crippen MR) is 89.6 cm³/mol. The number of nitrogens with zero attached hydrogens (tertiary/aromatic N) is 2. The van der Waals surface area contributed by atoms with Gasteiger partial charge in [-0.3, -0.25) is 9.59 Å². The van der Waals surface area contributed by atoms with Crippen LogP contribution in [0.15, 0.2) is 59.2 Å². The van der Waals surface area contributed by atoms with Crippen LogP contribution in [-0.4, -0.2) is 42.6 Å². The number of carbonyl (C=O) groups excluding carboxylic acids is 2. The summed E-state index contributed by atoms with van der Waals surface area (Å²) in [7, 11) is 1.84. The zero-order valence-corrected chi connectivity index (χ0v) is 13.4. The van der Waals surface area contributed by atoms with E-state index in [1.807, 2.05) is 48.4 Å². The first-order valence-corrected chi connectivity index (χ1v) is 7.54. The minimum absolute atomic E-state index is 0.144. The van der Waals surface area contributed by atoms with E-state index in [0.29, 0.717) is 18.9 Å². The Morgan fingerprint density at radius 3 is 2.61 bits per heavy atom. The summed E-state index contributed by atoms with van der Waals surface area (Å²) in [5.74, 6) is -0.383. The van der Waals surface area contributed by atoms with Crippen molar-refractivity contribution in [3.05, 3.63) is 54.3 Å². The number of allylic oxidation sites excluding steroid dienone is 3. The number of ether oxygens (including phenoxy) is 1. The molecule has 0 amide bonds. The molecule has 1 aromatic rings. The molecule has 0 N–H and O–H groups in total. The lowest BCUT2D eigenvalue weighted by atomic mass is 10.1. The average Bonchev–Trinajstić information content (AvgIpc) is 2.56. The summed E-state index contributed by atoms with van der Waals surface area (Å²) in [4.78, 5) is 29.7. The molecule has 0 bridgehead atoms. The van der Waals surface area contributed by atoms with Crippen LogP contribution in [0, 0.1) is 0 Å². The molecule has 1 aliphatic carbocycles. The maximum Gasteiger partial charge on any atom is 0.307 e. The normalized spacial score (nSPS) is 15.5. The van der Waals surface area contributed by atoms with Gasteiger partial charge in [-0.2, -0.15) is 0 Å². The van der Waals surface area contributed by atoms with Gasteiger partial charge in [0.15, 0.2) is 0 Å². The van der Waals surface area contributed by atoms with E-state index in [1.54, 1.807) is 13.0 Å². The standard InChI is InChI=1S/C18H20N2O3/c1-3-23-18(22)11-12-20(2)15-9-10-16(17(21)13-15)19-14-7-5-4-6-8-14/h4-10,13H,3,11-12H2,1-2H3. The second-order valence-corrected chi connectivity index (χ2v) is 5.08. The van der Waals surface area contributed by atoms with Crippen LogP contribution in [0.3, 0.4) is 0 Å². The number of benzene rings is 1. The molecule has 0 atom stereocenters. The Morgan fingerprint density at radius 1 is 1.22 bits per heavy atom. The summed E-state index contributed by atoms with van der Waals surface area (Å²) >= 11 is 0. The first kappa shape index (κ1) is 16.7. The topological polar surface area (TPSA) is 59.0 Å². The van der Waals surface area contributed by atoms with E-state index in [-0.39, 0.29) is 18.2 Å². The van der Waals surface area contributed by atoms with Gasteiger partial charge in [-0.1, -0.05) is 18.2 Å². The van der Waals surface area contributed by atoms with E-state index in [9.17, 15) is 9.59 Å².